The Balaban J connectivity index is 1.70. The van der Waals surface area contributed by atoms with Crippen LogP contribution >= 0.6 is 0 Å². The van der Waals surface area contributed by atoms with Crippen LogP contribution in [0.3, 0.4) is 0 Å². The maximum absolute atomic E-state index is 12.2. The minimum absolute atomic E-state index is 0.225. The summed E-state index contributed by atoms with van der Waals surface area (Å²) < 4.78 is 0. The van der Waals surface area contributed by atoms with Crippen molar-refractivity contribution < 1.29 is 9.90 Å². The van der Waals surface area contributed by atoms with Crippen molar-refractivity contribution in [2.45, 2.75) is 32.3 Å². The molecule has 0 aliphatic carbocycles. The number of hydrogen-bond acceptors (Lipinski definition) is 4. The van der Waals surface area contributed by atoms with Gasteiger partial charge in [-0.25, -0.2) is 0 Å². The van der Waals surface area contributed by atoms with E-state index in [1.807, 2.05) is 24.0 Å². The molecule has 1 saturated heterocycles. The Kier molecular flexibility index (Phi) is 6.14. The predicted molar refractivity (Wildman–Crippen MR) is 81.9 cm³/mol. The molecule has 2 rings (SSSR count). The van der Waals surface area contributed by atoms with Crippen LogP contribution in [0.15, 0.2) is 24.5 Å². The van der Waals surface area contributed by atoms with Crippen LogP contribution in [-0.4, -0.2) is 64.6 Å². The Morgan fingerprint density at radius 3 is 2.57 bits per heavy atom. The molecule has 1 atom stereocenters. The van der Waals surface area contributed by atoms with E-state index in [4.69, 9.17) is 0 Å². The molecule has 1 aliphatic rings. The van der Waals surface area contributed by atoms with Gasteiger partial charge in [-0.15, -0.1) is 0 Å². The van der Waals surface area contributed by atoms with Gasteiger partial charge in [0.2, 0.25) is 5.91 Å². The van der Waals surface area contributed by atoms with Gasteiger partial charge in [0.05, 0.1) is 6.10 Å². The third-order valence-electron chi connectivity index (χ3n) is 4.04. The highest BCUT2D eigenvalue weighted by atomic mass is 16.3. The van der Waals surface area contributed by atoms with E-state index in [9.17, 15) is 9.90 Å². The second-order valence-electron chi connectivity index (χ2n) is 5.60. The number of β-amino-alcohol motifs (C(OH)–C–C–N with tert-alkyl or cyclic N) is 1. The molecule has 5 heteroatoms. The molecule has 0 saturated carbocycles. The number of aromatic nitrogens is 1. The van der Waals surface area contributed by atoms with Crippen LogP contribution in [0.25, 0.3) is 0 Å². The summed E-state index contributed by atoms with van der Waals surface area (Å²) in [5, 5.41) is 9.67. The third kappa shape index (κ3) is 5.10. The molecule has 116 valence electrons. The van der Waals surface area contributed by atoms with E-state index in [0.717, 1.165) is 51.1 Å². The van der Waals surface area contributed by atoms with Crippen molar-refractivity contribution in [3.05, 3.63) is 30.1 Å². The number of piperazine rings is 1. The number of aryl methyl sites for hydroxylation is 1. The van der Waals surface area contributed by atoms with Gasteiger partial charge in [-0.3, -0.25) is 14.7 Å². The van der Waals surface area contributed by atoms with Gasteiger partial charge in [-0.1, -0.05) is 6.92 Å². The highest BCUT2D eigenvalue weighted by molar-refractivity contribution is 5.76. The normalized spacial score (nSPS) is 17.7. The van der Waals surface area contributed by atoms with Gasteiger partial charge in [-0.05, 0) is 30.5 Å². The summed E-state index contributed by atoms with van der Waals surface area (Å²) in [5.41, 5.74) is 1.16. The second kappa shape index (κ2) is 8.10. The molecule has 1 amide bonds. The number of amides is 1. The molecule has 1 fully saturated rings. The zero-order valence-electron chi connectivity index (χ0n) is 12.7. The fraction of sp³-hybridized carbons (Fsp3) is 0.625. The molecule has 1 aromatic heterocycles. The molecule has 1 aromatic rings. The van der Waals surface area contributed by atoms with E-state index in [1.54, 1.807) is 12.4 Å². The van der Waals surface area contributed by atoms with Crippen molar-refractivity contribution in [2.75, 3.05) is 32.7 Å². The van der Waals surface area contributed by atoms with Gasteiger partial charge in [0.25, 0.3) is 0 Å². The van der Waals surface area contributed by atoms with E-state index in [1.165, 1.54) is 0 Å². The molecule has 21 heavy (non-hydrogen) atoms. The molecule has 0 unspecified atom stereocenters. The lowest BCUT2D eigenvalue weighted by atomic mass is 10.1. The molecule has 2 heterocycles. The first-order valence-electron chi connectivity index (χ1n) is 7.76. The molecule has 0 bridgehead atoms. The molecule has 5 nitrogen and oxygen atoms in total. The SMILES string of the molecule is CC[C@H](O)CN1CCN(C(=O)CCc2ccncc2)CC1. The van der Waals surface area contributed by atoms with Crippen molar-refractivity contribution >= 4 is 5.91 Å². The summed E-state index contributed by atoms with van der Waals surface area (Å²) in [6, 6.07) is 3.91. The van der Waals surface area contributed by atoms with E-state index in [-0.39, 0.29) is 12.0 Å². The minimum atomic E-state index is -0.251. The van der Waals surface area contributed by atoms with E-state index in [0.29, 0.717) is 6.42 Å². The van der Waals surface area contributed by atoms with E-state index in [2.05, 4.69) is 9.88 Å². The predicted octanol–water partition coefficient (Wildman–Crippen LogP) is 0.929. The van der Waals surface area contributed by atoms with Gasteiger partial charge in [-0.2, -0.15) is 0 Å². The fourth-order valence-corrected chi connectivity index (χ4v) is 2.57. The first kappa shape index (κ1) is 15.9. The molecule has 0 radical (unpaired) electrons. The summed E-state index contributed by atoms with van der Waals surface area (Å²) in [6.07, 6.45) is 5.39. The molecule has 1 aliphatic heterocycles. The minimum Gasteiger partial charge on any atom is -0.392 e. The number of carbonyl (C=O) groups excluding carboxylic acids is 1. The van der Waals surface area contributed by atoms with Crippen molar-refractivity contribution in [3.8, 4) is 0 Å². The molecule has 1 N–H and O–H groups in total. The van der Waals surface area contributed by atoms with Crippen LogP contribution in [0, 0.1) is 0 Å². The largest absolute Gasteiger partial charge is 0.392 e. The molecule has 0 spiro atoms. The Bertz CT molecular complexity index is 430. The fourth-order valence-electron chi connectivity index (χ4n) is 2.57. The number of aliphatic hydroxyl groups excluding tert-OH is 1. The summed E-state index contributed by atoms with van der Waals surface area (Å²) in [7, 11) is 0. The van der Waals surface area contributed by atoms with Crippen molar-refractivity contribution in [1.82, 2.24) is 14.8 Å². The standard InChI is InChI=1S/C16H25N3O2/c1-2-15(20)13-18-9-11-19(12-10-18)16(21)4-3-14-5-7-17-8-6-14/h5-8,15,20H,2-4,9-13H2,1H3/t15-/m0/s1. The van der Waals surface area contributed by atoms with Crippen LogP contribution < -0.4 is 0 Å². The average molecular weight is 291 g/mol. The smallest absolute Gasteiger partial charge is 0.222 e. The Hall–Kier alpha value is -1.46. The lowest BCUT2D eigenvalue weighted by Crippen LogP contribution is -2.50. The zero-order valence-corrected chi connectivity index (χ0v) is 12.7. The number of pyridine rings is 1. The Morgan fingerprint density at radius 1 is 1.29 bits per heavy atom. The topological polar surface area (TPSA) is 56.7 Å². The summed E-state index contributed by atoms with van der Waals surface area (Å²) in [5.74, 6) is 0.225. The summed E-state index contributed by atoms with van der Waals surface area (Å²) in [4.78, 5) is 20.4. The highest BCUT2D eigenvalue weighted by Gasteiger charge is 2.21. The third-order valence-corrected chi connectivity index (χ3v) is 4.04. The van der Waals surface area contributed by atoms with Crippen molar-refractivity contribution in [2.24, 2.45) is 0 Å². The first-order valence-corrected chi connectivity index (χ1v) is 7.76. The lowest BCUT2D eigenvalue weighted by molar-refractivity contribution is -0.133. The molecular weight excluding hydrogens is 266 g/mol. The monoisotopic (exact) mass is 291 g/mol. The Morgan fingerprint density at radius 2 is 1.95 bits per heavy atom. The second-order valence-corrected chi connectivity index (χ2v) is 5.60. The van der Waals surface area contributed by atoms with Gasteiger partial charge >= 0.3 is 0 Å². The van der Waals surface area contributed by atoms with Crippen LogP contribution in [0.4, 0.5) is 0 Å². The number of hydrogen-bond donors (Lipinski definition) is 1. The maximum Gasteiger partial charge on any atom is 0.222 e. The maximum atomic E-state index is 12.2. The van der Waals surface area contributed by atoms with Crippen molar-refractivity contribution in [1.29, 1.82) is 0 Å². The average Bonchev–Trinajstić information content (AvgIpc) is 2.54. The summed E-state index contributed by atoms with van der Waals surface area (Å²) in [6.45, 7) is 5.96. The quantitative estimate of drug-likeness (QED) is 0.847. The van der Waals surface area contributed by atoms with Crippen LogP contribution in [-0.2, 0) is 11.2 Å². The van der Waals surface area contributed by atoms with E-state index < -0.39 is 0 Å². The van der Waals surface area contributed by atoms with Gasteiger partial charge in [0, 0.05) is 51.5 Å². The number of aliphatic hydroxyl groups is 1. The van der Waals surface area contributed by atoms with E-state index >= 15 is 0 Å². The number of carbonyl (C=O) groups is 1. The lowest BCUT2D eigenvalue weighted by Gasteiger charge is -2.35. The van der Waals surface area contributed by atoms with Gasteiger partial charge < -0.3 is 10.0 Å². The van der Waals surface area contributed by atoms with Gasteiger partial charge in [0.1, 0.15) is 0 Å². The van der Waals surface area contributed by atoms with Crippen LogP contribution in [0.5, 0.6) is 0 Å². The summed E-state index contributed by atoms with van der Waals surface area (Å²) >= 11 is 0. The first-order chi connectivity index (χ1) is 10.2. The van der Waals surface area contributed by atoms with Crippen molar-refractivity contribution in [3.63, 3.8) is 0 Å². The Labute approximate surface area is 126 Å². The van der Waals surface area contributed by atoms with Crippen LogP contribution in [0.1, 0.15) is 25.3 Å². The molecule has 0 aromatic carbocycles. The number of nitrogens with zero attached hydrogens (tertiary/aromatic N) is 3. The zero-order chi connectivity index (χ0) is 15.1. The molecular formula is C16H25N3O2. The van der Waals surface area contributed by atoms with Crippen LogP contribution in [0.2, 0.25) is 0 Å². The van der Waals surface area contributed by atoms with Gasteiger partial charge in [0.15, 0.2) is 0 Å². The highest BCUT2D eigenvalue weighted by Crippen LogP contribution is 2.08. The number of rotatable bonds is 6.